The number of benzene rings is 1. The molecule has 0 saturated heterocycles. The Hall–Kier alpha value is 0.920. The minimum Gasteiger partial charge on any atom is -0.236 e. The van der Waals surface area contributed by atoms with Crippen LogP contribution in [0, 0.1) is 0 Å². The molecule has 0 aliphatic rings. The van der Waals surface area contributed by atoms with Gasteiger partial charge in [-0.3, -0.25) is 0 Å². The van der Waals surface area contributed by atoms with Crippen LogP contribution in [0.4, 0.5) is 0 Å². The van der Waals surface area contributed by atoms with Crippen LogP contribution < -0.4 is 0 Å². The largest absolute Gasteiger partial charge is 0.236 e. The lowest BCUT2D eigenvalue weighted by Crippen LogP contribution is -2.10. The van der Waals surface area contributed by atoms with E-state index in [0.717, 1.165) is 0 Å². The molecule has 0 N–H and O–H groups in total. The average molecular weight is 356 g/mol. The molecule has 0 aliphatic heterocycles. The van der Waals surface area contributed by atoms with Crippen LogP contribution in [0.5, 0.6) is 0 Å². The quantitative estimate of drug-likeness (QED) is 0.640. The number of halogens is 6. The van der Waals surface area contributed by atoms with Gasteiger partial charge >= 0.3 is 0 Å². The van der Waals surface area contributed by atoms with E-state index in [1.54, 1.807) is 12.1 Å². The van der Waals surface area contributed by atoms with Crippen LogP contribution in [0.15, 0.2) is 18.2 Å². The first kappa shape index (κ1) is 16.0. The summed E-state index contributed by atoms with van der Waals surface area (Å²) in [5.41, 5.74) is 1.39. The highest BCUT2D eigenvalue weighted by Gasteiger charge is 2.30. The maximum absolute atomic E-state index is 10.7. The van der Waals surface area contributed by atoms with Crippen molar-refractivity contribution >= 4 is 69.6 Å². The topological polar surface area (TPSA) is 19.9 Å². The molecule has 0 spiro atoms. The summed E-state index contributed by atoms with van der Waals surface area (Å²) in [4.78, 5) is 0. The molecule has 95 valence electrons. The minimum absolute atomic E-state index is 0.253. The number of hydrogen-bond donors (Lipinski definition) is 0. The normalized spacial score (nSPS) is 12.9. The van der Waals surface area contributed by atoms with Crippen LogP contribution in [0.3, 0.4) is 0 Å². The Balaban J connectivity index is 3.30. The molecule has 0 atom stereocenters. The number of rotatable bonds is 2. The highest BCUT2D eigenvalue weighted by atomic mass is 35.6. The van der Waals surface area contributed by atoms with E-state index in [9.17, 15) is 5.11 Å². The summed E-state index contributed by atoms with van der Waals surface area (Å²) in [6.07, 6.45) is 0.253. The summed E-state index contributed by atoms with van der Waals surface area (Å²) in [5.74, 6) is 0. The molecule has 1 radical (unpaired) electrons. The van der Waals surface area contributed by atoms with E-state index >= 15 is 0 Å². The third kappa shape index (κ3) is 4.50. The summed E-state index contributed by atoms with van der Waals surface area (Å²) in [7, 11) is 0. The Bertz CT molecular complexity index is 393. The van der Waals surface area contributed by atoms with Gasteiger partial charge in [0.05, 0.1) is 6.61 Å². The lowest BCUT2D eigenvalue weighted by atomic mass is 10.0. The van der Waals surface area contributed by atoms with Gasteiger partial charge in [0.2, 0.25) is 7.59 Å². The van der Waals surface area contributed by atoms with Gasteiger partial charge in [0, 0.05) is 11.1 Å². The Morgan fingerprint density at radius 2 is 1.53 bits per heavy atom. The first-order valence-electron chi connectivity index (χ1n) is 4.51. The zero-order chi connectivity index (χ0) is 13.3. The van der Waals surface area contributed by atoms with Gasteiger partial charge in [-0.05, 0) is 18.1 Å². The Morgan fingerprint density at radius 1 is 0.941 bits per heavy atom. The molecule has 1 aromatic rings. The zero-order valence-electron chi connectivity index (χ0n) is 8.32. The minimum atomic E-state index is -1.66. The predicted molar refractivity (Wildman–Crippen MR) is 74.2 cm³/mol. The third-order valence-electron chi connectivity index (χ3n) is 2.11. The summed E-state index contributed by atoms with van der Waals surface area (Å²) in [5, 5.41) is 10.7. The van der Waals surface area contributed by atoms with Crippen LogP contribution in [-0.2, 0) is 19.1 Å². The molecule has 0 fully saturated rings. The van der Waals surface area contributed by atoms with Crippen LogP contribution >= 0.6 is 69.6 Å². The van der Waals surface area contributed by atoms with E-state index in [-0.39, 0.29) is 13.0 Å². The molecule has 7 heteroatoms. The van der Waals surface area contributed by atoms with Gasteiger partial charge in [-0.2, -0.15) is 0 Å². The van der Waals surface area contributed by atoms with Gasteiger partial charge in [-0.15, -0.1) is 0 Å². The fourth-order valence-corrected chi connectivity index (χ4v) is 2.23. The molecule has 0 aromatic heterocycles. The molecular formula is C10H7Cl6O. The molecule has 1 rings (SSSR count). The van der Waals surface area contributed by atoms with Crippen molar-refractivity contribution in [1.29, 1.82) is 0 Å². The molecule has 0 saturated carbocycles. The van der Waals surface area contributed by atoms with E-state index in [2.05, 4.69) is 0 Å². The van der Waals surface area contributed by atoms with E-state index in [4.69, 9.17) is 69.6 Å². The van der Waals surface area contributed by atoms with E-state index in [1.807, 2.05) is 0 Å². The predicted octanol–water partition coefficient (Wildman–Crippen LogP) is 5.31. The summed E-state index contributed by atoms with van der Waals surface area (Å²) in [6, 6.07) is 4.72. The fraction of sp³-hybridized carbons (Fsp3) is 0.400. The van der Waals surface area contributed by atoms with E-state index < -0.39 is 7.59 Å². The Labute approximate surface area is 130 Å². The number of alkyl halides is 6. The van der Waals surface area contributed by atoms with E-state index in [0.29, 0.717) is 16.7 Å². The van der Waals surface area contributed by atoms with Crippen molar-refractivity contribution in [2.75, 3.05) is 6.61 Å². The van der Waals surface area contributed by atoms with Crippen LogP contribution in [0.25, 0.3) is 0 Å². The molecule has 0 heterocycles. The van der Waals surface area contributed by atoms with Gasteiger partial charge in [-0.25, -0.2) is 5.11 Å². The first-order valence-corrected chi connectivity index (χ1v) is 6.78. The molecule has 0 aliphatic carbocycles. The molecule has 1 nitrogen and oxygen atoms in total. The number of hydrogen-bond acceptors (Lipinski definition) is 0. The average Bonchev–Trinajstić information content (AvgIpc) is 2.15. The highest BCUT2D eigenvalue weighted by molar-refractivity contribution is 6.67. The summed E-state index contributed by atoms with van der Waals surface area (Å²) in [6.45, 7) is -0.305. The fourth-order valence-electron chi connectivity index (χ4n) is 1.34. The smallest absolute Gasteiger partial charge is 0.216 e. The maximum atomic E-state index is 10.7. The van der Waals surface area contributed by atoms with Crippen molar-refractivity contribution < 1.29 is 5.11 Å². The van der Waals surface area contributed by atoms with Crippen LogP contribution in [0.2, 0.25) is 0 Å². The Morgan fingerprint density at radius 3 is 1.94 bits per heavy atom. The second-order valence-corrected chi connectivity index (χ2v) is 7.88. The monoisotopic (exact) mass is 353 g/mol. The SMILES string of the molecule is [O]CCc1ccc(C(Cl)(Cl)Cl)cc1C(Cl)(Cl)Cl. The highest BCUT2D eigenvalue weighted by Crippen LogP contribution is 2.44. The molecule has 17 heavy (non-hydrogen) atoms. The zero-order valence-corrected chi connectivity index (χ0v) is 12.9. The summed E-state index contributed by atoms with van der Waals surface area (Å²) < 4.78 is -3.25. The van der Waals surface area contributed by atoms with Gasteiger partial charge in [0.25, 0.3) is 0 Å². The maximum Gasteiger partial charge on any atom is 0.216 e. The Kier molecular flexibility index (Phi) is 5.56. The van der Waals surface area contributed by atoms with E-state index in [1.165, 1.54) is 6.07 Å². The lowest BCUT2D eigenvalue weighted by Gasteiger charge is -2.20. The molecular weight excluding hydrogens is 349 g/mol. The van der Waals surface area contributed by atoms with Crippen molar-refractivity contribution in [3.63, 3.8) is 0 Å². The summed E-state index contributed by atoms with van der Waals surface area (Å²) >= 11 is 34.7. The molecule has 0 unspecified atom stereocenters. The van der Waals surface area contributed by atoms with Crippen LogP contribution in [-0.4, -0.2) is 6.61 Å². The van der Waals surface area contributed by atoms with Crippen molar-refractivity contribution in [3.8, 4) is 0 Å². The van der Waals surface area contributed by atoms with Gasteiger partial charge in [0.15, 0.2) is 0 Å². The second-order valence-electron chi connectivity index (χ2n) is 3.32. The van der Waals surface area contributed by atoms with Crippen molar-refractivity contribution in [1.82, 2.24) is 0 Å². The molecule has 0 amide bonds. The molecule has 0 bridgehead atoms. The lowest BCUT2D eigenvalue weighted by molar-refractivity contribution is 0.197. The molecule has 1 aromatic carbocycles. The van der Waals surface area contributed by atoms with Crippen LogP contribution in [0.1, 0.15) is 16.7 Å². The van der Waals surface area contributed by atoms with Gasteiger partial charge in [0.1, 0.15) is 0 Å². The van der Waals surface area contributed by atoms with Gasteiger partial charge in [-0.1, -0.05) is 81.7 Å². The van der Waals surface area contributed by atoms with Crippen molar-refractivity contribution in [2.24, 2.45) is 0 Å². The van der Waals surface area contributed by atoms with Gasteiger partial charge < -0.3 is 0 Å². The second kappa shape index (κ2) is 5.92. The first-order chi connectivity index (χ1) is 7.66. The van der Waals surface area contributed by atoms with Crippen molar-refractivity contribution in [2.45, 2.75) is 14.0 Å². The standard InChI is InChI=1S/C10H7Cl6O/c11-9(12,13)7-2-1-6(3-4-17)8(5-7)10(14,15)16/h1-2,5H,3-4H2. The third-order valence-corrected chi connectivity index (χ3v) is 3.38. The van der Waals surface area contributed by atoms with Crippen molar-refractivity contribution in [3.05, 3.63) is 34.9 Å².